The highest BCUT2D eigenvalue weighted by Crippen LogP contribution is 2.26. The van der Waals surface area contributed by atoms with Gasteiger partial charge in [0.05, 0.1) is 4.91 Å². The molecule has 1 saturated heterocycles. The molecule has 2 amide bonds. The lowest BCUT2D eigenvalue weighted by molar-refractivity contribution is -0.115. The summed E-state index contributed by atoms with van der Waals surface area (Å²) in [6, 6.07) is 8.76. The molecule has 0 radical (unpaired) electrons. The van der Waals surface area contributed by atoms with Crippen LogP contribution in [0.3, 0.4) is 0 Å². The van der Waals surface area contributed by atoms with Gasteiger partial charge in [-0.3, -0.25) is 14.9 Å². The van der Waals surface area contributed by atoms with E-state index < -0.39 is 0 Å². The van der Waals surface area contributed by atoms with E-state index in [-0.39, 0.29) is 17.8 Å². The standard InChI is InChI=1S/C12H8N2O3S/c13-5-6-17-9-3-1-8(2-4-9)7-10-11(15)14-12(16)18-10/h1-4,7H,6H2,(H,14,15,16)/b10-7-. The van der Waals surface area contributed by atoms with Crippen molar-refractivity contribution in [1.82, 2.24) is 5.32 Å². The highest BCUT2D eigenvalue weighted by atomic mass is 32.2. The molecule has 1 N–H and O–H groups in total. The Hall–Kier alpha value is -2.26. The van der Waals surface area contributed by atoms with E-state index in [4.69, 9.17) is 10.00 Å². The highest BCUT2D eigenvalue weighted by molar-refractivity contribution is 8.18. The Morgan fingerprint density at radius 2 is 2.06 bits per heavy atom. The number of benzene rings is 1. The fraction of sp³-hybridized carbons (Fsp3) is 0.0833. The van der Waals surface area contributed by atoms with E-state index in [2.05, 4.69) is 5.32 Å². The fourth-order valence-corrected chi connectivity index (χ4v) is 2.03. The minimum absolute atomic E-state index is 0.00675. The van der Waals surface area contributed by atoms with Gasteiger partial charge in [-0.1, -0.05) is 12.1 Å². The van der Waals surface area contributed by atoms with Crippen molar-refractivity contribution in [3.8, 4) is 11.8 Å². The molecule has 1 aromatic rings. The largest absolute Gasteiger partial charge is 0.479 e. The van der Waals surface area contributed by atoms with Gasteiger partial charge < -0.3 is 4.74 Å². The molecule has 0 aliphatic carbocycles. The number of thioether (sulfide) groups is 1. The van der Waals surface area contributed by atoms with Crippen molar-refractivity contribution < 1.29 is 14.3 Å². The molecule has 1 aliphatic heterocycles. The second kappa shape index (κ2) is 5.38. The van der Waals surface area contributed by atoms with Gasteiger partial charge in [0.25, 0.3) is 11.1 Å². The van der Waals surface area contributed by atoms with Gasteiger partial charge >= 0.3 is 0 Å². The predicted molar refractivity (Wildman–Crippen MR) is 66.7 cm³/mol. The first kappa shape index (κ1) is 12.2. The summed E-state index contributed by atoms with van der Waals surface area (Å²) in [5.41, 5.74) is 0.784. The van der Waals surface area contributed by atoms with Crippen LogP contribution in [0.2, 0.25) is 0 Å². The lowest BCUT2D eigenvalue weighted by Crippen LogP contribution is -2.17. The first-order valence-corrected chi connectivity index (χ1v) is 5.85. The molecular formula is C12H8N2O3S. The second-order valence-corrected chi connectivity index (χ2v) is 4.38. The van der Waals surface area contributed by atoms with E-state index in [0.29, 0.717) is 10.7 Å². The lowest BCUT2D eigenvalue weighted by atomic mass is 10.2. The van der Waals surface area contributed by atoms with Gasteiger partial charge in [0.1, 0.15) is 11.8 Å². The Balaban J connectivity index is 2.11. The average molecular weight is 260 g/mol. The third kappa shape index (κ3) is 2.90. The molecule has 0 unspecified atom stereocenters. The normalized spacial score (nSPS) is 16.5. The van der Waals surface area contributed by atoms with Crippen LogP contribution in [0.15, 0.2) is 29.2 Å². The fourth-order valence-electron chi connectivity index (χ4n) is 1.35. The van der Waals surface area contributed by atoms with Crippen LogP contribution in [0, 0.1) is 11.3 Å². The van der Waals surface area contributed by atoms with Crippen LogP contribution >= 0.6 is 11.8 Å². The summed E-state index contributed by atoms with van der Waals surface area (Å²) < 4.78 is 5.10. The number of nitrogens with one attached hydrogen (secondary N) is 1. The number of nitriles is 1. The molecule has 0 spiro atoms. The molecule has 90 valence electrons. The molecule has 5 nitrogen and oxygen atoms in total. The van der Waals surface area contributed by atoms with Crippen molar-refractivity contribution in [2.45, 2.75) is 0 Å². The molecule has 1 aliphatic rings. The Bertz CT molecular complexity index is 558. The van der Waals surface area contributed by atoms with Gasteiger partial charge in [-0.15, -0.1) is 0 Å². The van der Waals surface area contributed by atoms with Crippen LogP contribution in [-0.4, -0.2) is 17.8 Å². The van der Waals surface area contributed by atoms with Crippen LogP contribution in [0.1, 0.15) is 5.56 Å². The van der Waals surface area contributed by atoms with Crippen molar-refractivity contribution in [2.24, 2.45) is 0 Å². The Morgan fingerprint density at radius 1 is 1.33 bits per heavy atom. The number of imide groups is 1. The second-order valence-electron chi connectivity index (χ2n) is 3.37. The molecule has 0 aromatic heterocycles. The van der Waals surface area contributed by atoms with Gasteiger partial charge in [-0.25, -0.2) is 0 Å². The van der Waals surface area contributed by atoms with Crippen LogP contribution in [0.5, 0.6) is 5.75 Å². The van der Waals surface area contributed by atoms with Crippen LogP contribution in [0.4, 0.5) is 4.79 Å². The number of carbonyl (C=O) groups is 2. The van der Waals surface area contributed by atoms with E-state index in [9.17, 15) is 9.59 Å². The monoisotopic (exact) mass is 260 g/mol. The molecule has 18 heavy (non-hydrogen) atoms. The van der Waals surface area contributed by atoms with E-state index in [1.54, 1.807) is 30.3 Å². The summed E-state index contributed by atoms with van der Waals surface area (Å²) in [7, 11) is 0. The summed E-state index contributed by atoms with van der Waals surface area (Å²) in [5, 5.41) is 10.2. The maximum atomic E-state index is 11.3. The molecular weight excluding hydrogens is 252 g/mol. The molecule has 6 heteroatoms. The van der Waals surface area contributed by atoms with Crippen LogP contribution in [-0.2, 0) is 4.79 Å². The highest BCUT2D eigenvalue weighted by Gasteiger charge is 2.24. The van der Waals surface area contributed by atoms with E-state index >= 15 is 0 Å². The van der Waals surface area contributed by atoms with E-state index in [0.717, 1.165) is 17.3 Å². The smallest absolute Gasteiger partial charge is 0.290 e. The maximum absolute atomic E-state index is 11.3. The topological polar surface area (TPSA) is 79.2 Å². The SMILES string of the molecule is N#CCOc1ccc(/C=C2\SC(=O)NC2=O)cc1. The maximum Gasteiger partial charge on any atom is 0.290 e. The zero-order valence-electron chi connectivity index (χ0n) is 9.17. The summed E-state index contributed by atoms with van der Waals surface area (Å²) in [6.45, 7) is -0.00675. The van der Waals surface area contributed by atoms with Crippen LogP contribution in [0.25, 0.3) is 6.08 Å². The number of carbonyl (C=O) groups excluding carboxylic acids is 2. The number of rotatable bonds is 3. The summed E-state index contributed by atoms with van der Waals surface area (Å²) in [6.07, 6.45) is 1.62. The first-order chi connectivity index (χ1) is 8.69. The Morgan fingerprint density at radius 3 is 2.61 bits per heavy atom. The average Bonchev–Trinajstić information content (AvgIpc) is 2.67. The molecule has 1 aromatic carbocycles. The summed E-state index contributed by atoms with van der Waals surface area (Å²) in [5.74, 6) is 0.202. The molecule has 1 fully saturated rings. The van der Waals surface area contributed by atoms with Crippen molar-refractivity contribution in [2.75, 3.05) is 6.61 Å². The number of nitrogens with zero attached hydrogens (tertiary/aromatic N) is 1. The number of hydrogen-bond acceptors (Lipinski definition) is 5. The van der Waals surface area contributed by atoms with Gasteiger partial charge in [0, 0.05) is 0 Å². The Labute approximate surface area is 107 Å². The van der Waals surface area contributed by atoms with Gasteiger partial charge in [0.2, 0.25) is 0 Å². The van der Waals surface area contributed by atoms with Crippen molar-refractivity contribution in [1.29, 1.82) is 5.26 Å². The van der Waals surface area contributed by atoms with E-state index in [1.807, 2.05) is 6.07 Å². The summed E-state index contributed by atoms with van der Waals surface area (Å²) in [4.78, 5) is 22.6. The van der Waals surface area contributed by atoms with Crippen molar-refractivity contribution in [3.63, 3.8) is 0 Å². The third-order valence-corrected chi connectivity index (χ3v) is 2.93. The third-order valence-electron chi connectivity index (χ3n) is 2.12. The predicted octanol–water partition coefficient (Wildman–Crippen LogP) is 1.91. The van der Waals surface area contributed by atoms with Crippen molar-refractivity contribution >= 4 is 29.0 Å². The Kier molecular flexibility index (Phi) is 3.65. The molecule has 0 atom stereocenters. The molecule has 1 heterocycles. The van der Waals surface area contributed by atoms with Gasteiger partial charge in [-0.05, 0) is 35.5 Å². The van der Waals surface area contributed by atoms with Gasteiger partial charge in [-0.2, -0.15) is 5.26 Å². The number of amides is 2. The first-order valence-electron chi connectivity index (χ1n) is 5.04. The minimum atomic E-state index is -0.380. The molecule has 0 saturated carbocycles. The van der Waals surface area contributed by atoms with Crippen LogP contribution < -0.4 is 10.1 Å². The number of hydrogen-bond donors (Lipinski definition) is 1. The van der Waals surface area contributed by atoms with E-state index in [1.165, 1.54) is 0 Å². The molecule has 2 rings (SSSR count). The minimum Gasteiger partial charge on any atom is -0.479 e. The number of ether oxygens (including phenoxy) is 1. The van der Waals surface area contributed by atoms with Gasteiger partial charge in [0.15, 0.2) is 6.61 Å². The summed E-state index contributed by atoms with van der Waals surface area (Å²) >= 11 is 0.874. The quantitative estimate of drug-likeness (QED) is 0.840. The lowest BCUT2D eigenvalue weighted by Gasteiger charge is -2.01. The molecule has 0 bridgehead atoms. The zero-order chi connectivity index (χ0) is 13.0. The van der Waals surface area contributed by atoms with Crippen molar-refractivity contribution in [3.05, 3.63) is 34.7 Å². The zero-order valence-corrected chi connectivity index (χ0v) is 9.99.